The minimum absolute atomic E-state index is 0.367. The largest absolute Gasteiger partial charge is 0.457 e. The number of amides is 1. The molecule has 3 aromatic carbocycles. The molecule has 178 valence electrons. The number of esters is 1. The third kappa shape index (κ3) is 5.26. The maximum atomic E-state index is 13.1. The number of nitrogens with one attached hydrogen (secondary N) is 1. The Bertz CT molecular complexity index is 1500. The molecule has 0 spiro atoms. The van der Waals surface area contributed by atoms with Gasteiger partial charge in [-0.2, -0.15) is 0 Å². The first-order valence-corrected chi connectivity index (χ1v) is 12.2. The lowest BCUT2D eigenvalue weighted by Crippen LogP contribution is -2.30. The number of nitrogens with zero attached hydrogens (tertiary/aromatic N) is 1. The lowest BCUT2D eigenvalue weighted by molar-refractivity contribution is -0.123. The van der Waals surface area contributed by atoms with Crippen molar-refractivity contribution in [2.24, 2.45) is 0 Å². The van der Waals surface area contributed by atoms with E-state index in [1.54, 1.807) is 37.3 Å². The van der Waals surface area contributed by atoms with Crippen LogP contribution in [0.25, 0.3) is 21.5 Å². The maximum absolute atomic E-state index is 13.1. The number of hydrogen-bond donors (Lipinski definition) is 1. The Hall–Kier alpha value is -4.49. The maximum Gasteiger partial charge on any atom is 0.339 e. The number of ether oxygens (including phenoxy) is 2. The summed E-state index contributed by atoms with van der Waals surface area (Å²) in [6.07, 6.45) is -1.00. The van der Waals surface area contributed by atoms with E-state index in [1.165, 1.54) is 11.3 Å². The van der Waals surface area contributed by atoms with Crippen molar-refractivity contribution in [2.75, 3.05) is 5.32 Å². The molecule has 2 aromatic heterocycles. The number of pyridine rings is 1. The third-order valence-electron chi connectivity index (χ3n) is 5.46. The fraction of sp³-hybridized carbons (Fsp3) is 0.0690. The summed E-state index contributed by atoms with van der Waals surface area (Å²) in [6.45, 7) is 1.55. The Morgan fingerprint density at radius 2 is 1.58 bits per heavy atom. The molecule has 2 heterocycles. The quantitative estimate of drug-likeness (QED) is 0.248. The molecule has 36 heavy (non-hydrogen) atoms. The number of benzene rings is 3. The van der Waals surface area contributed by atoms with Gasteiger partial charge in [0.2, 0.25) is 0 Å². The van der Waals surface area contributed by atoms with Crippen LogP contribution in [0.15, 0.2) is 102 Å². The van der Waals surface area contributed by atoms with Gasteiger partial charge in [-0.05, 0) is 66.9 Å². The molecule has 0 aliphatic rings. The number of aromatic nitrogens is 1. The summed E-state index contributed by atoms with van der Waals surface area (Å²) in [4.78, 5) is 31.5. The van der Waals surface area contributed by atoms with E-state index < -0.39 is 18.0 Å². The second kappa shape index (κ2) is 10.4. The highest BCUT2D eigenvalue weighted by Crippen LogP contribution is 2.28. The van der Waals surface area contributed by atoms with Gasteiger partial charge in [-0.3, -0.25) is 4.79 Å². The molecule has 0 aliphatic heterocycles. The number of carbonyl (C=O) groups is 2. The molecule has 5 aromatic rings. The first-order chi connectivity index (χ1) is 17.6. The van der Waals surface area contributed by atoms with E-state index in [1.807, 2.05) is 72.1 Å². The van der Waals surface area contributed by atoms with Crippen LogP contribution >= 0.6 is 11.3 Å². The zero-order valence-corrected chi connectivity index (χ0v) is 20.2. The summed E-state index contributed by atoms with van der Waals surface area (Å²) in [5, 5.41) is 5.40. The van der Waals surface area contributed by atoms with Gasteiger partial charge in [-0.15, -0.1) is 11.3 Å². The molecule has 0 saturated heterocycles. The van der Waals surface area contributed by atoms with Gasteiger partial charge in [0.25, 0.3) is 5.91 Å². The van der Waals surface area contributed by atoms with Crippen LogP contribution in [0, 0.1) is 0 Å². The first kappa shape index (κ1) is 23.3. The van der Waals surface area contributed by atoms with Gasteiger partial charge in [-0.25, -0.2) is 9.78 Å². The lowest BCUT2D eigenvalue weighted by Gasteiger charge is -2.15. The van der Waals surface area contributed by atoms with E-state index in [9.17, 15) is 9.59 Å². The van der Waals surface area contributed by atoms with Crippen LogP contribution < -0.4 is 10.1 Å². The van der Waals surface area contributed by atoms with Crippen LogP contribution in [0.4, 0.5) is 5.69 Å². The Morgan fingerprint density at radius 3 is 2.33 bits per heavy atom. The number of thiophene rings is 1. The molecule has 0 aliphatic carbocycles. The van der Waals surface area contributed by atoms with E-state index in [-0.39, 0.29) is 0 Å². The normalized spacial score (nSPS) is 11.6. The van der Waals surface area contributed by atoms with Crippen molar-refractivity contribution in [3.05, 3.63) is 108 Å². The van der Waals surface area contributed by atoms with Crippen molar-refractivity contribution in [1.29, 1.82) is 0 Å². The second-order valence-corrected chi connectivity index (χ2v) is 8.97. The highest BCUT2D eigenvalue weighted by Gasteiger charge is 2.22. The van der Waals surface area contributed by atoms with Crippen molar-refractivity contribution >= 4 is 39.8 Å². The lowest BCUT2D eigenvalue weighted by atomic mass is 10.1. The average Bonchev–Trinajstić information content (AvgIpc) is 3.45. The van der Waals surface area contributed by atoms with Gasteiger partial charge in [0, 0.05) is 11.1 Å². The van der Waals surface area contributed by atoms with Crippen LogP contribution in [0.3, 0.4) is 0 Å². The molecule has 1 amide bonds. The molecular formula is C29H22N2O4S. The second-order valence-electron chi connectivity index (χ2n) is 8.03. The number of carbonyl (C=O) groups excluding carboxylic acids is 2. The third-order valence-corrected chi connectivity index (χ3v) is 6.36. The molecule has 5 rings (SSSR count). The molecule has 6 nitrogen and oxygen atoms in total. The zero-order valence-electron chi connectivity index (χ0n) is 19.4. The van der Waals surface area contributed by atoms with Gasteiger partial charge in [-0.1, -0.05) is 42.5 Å². The Balaban J connectivity index is 1.27. The first-order valence-electron chi connectivity index (χ1n) is 11.4. The molecular weight excluding hydrogens is 472 g/mol. The molecule has 1 unspecified atom stereocenters. The number of para-hydroxylation sites is 2. The van der Waals surface area contributed by atoms with Gasteiger partial charge in [0.1, 0.15) is 11.5 Å². The average molecular weight is 495 g/mol. The summed E-state index contributed by atoms with van der Waals surface area (Å²) in [6, 6.07) is 29.4. The fourth-order valence-electron chi connectivity index (χ4n) is 3.65. The van der Waals surface area contributed by atoms with Crippen LogP contribution in [-0.2, 0) is 9.53 Å². The minimum Gasteiger partial charge on any atom is -0.457 e. The standard InChI is InChI=1S/C29H22N2O4S/c1-19(28(32)30-20-13-15-22(16-14-20)35-21-8-3-2-4-9-21)34-29(33)24-18-26(27-12-7-17-36-27)31-25-11-6-5-10-23(24)25/h2-19H,1H3,(H,30,32). The smallest absolute Gasteiger partial charge is 0.339 e. The predicted molar refractivity (Wildman–Crippen MR) is 142 cm³/mol. The molecule has 7 heteroatoms. The number of rotatable bonds is 7. The highest BCUT2D eigenvalue weighted by atomic mass is 32.1. The van der Waals surface area contributed by atoms with Crippen molar-refractivity contribution in [1.82, 2.24) is 4.98 Å². The molecule has 0 bridgehead atoms. The molecule has 0 saturated carbocycles. The topological polar surface area (TPSA) is 77.5 Å². The molecule has 0 fully saturated rings. The number of anilines is 1. The number of fused-ring (bicyclic) bond motifs is 1. The van der Waals surface area contributed by atoms with Gasteiger partial charge >= 0.3 is 5.97 Å². The van der Waals surface area contributed by atoms with Crippen LogP contribution in [0.2, 0.25) is 0 Å². The van der Waals surface area contributed by atoms with Crippen molar-refractivity contribution in [3.8, 4) is 22.1 Å². The fourth-order valence-corrected chi connectivity index (χ4v) is 4.33. The van der Waals surface area contributed by atoms with Gasteiger partial charge in [0.15, 0.2) is 6.10 Å². The van der Waals surface area contributed by atoms with E-state index in [4.69, 9.17) is 9.47 Å². The van der Waals surface area contributed by atoms with Gasteiger partial charge in [0.05, 0.1) is 21.7 Å². The summed E-state index contributed by atoms with van der Waals surface area (Å²) in [5.74, 6) is 0.350. The van der Waals surface area contributed by atoms with Crippen molar-refractivity contribution in [2.45, 2.75) is 13.0 Å². The van der Waals surface area contributed by atoms with Crippen LogP contribution in [-0.4, -0.2) is 23.0 Å². The van der Waals surface area contributed by atoms with Crippen LogP contribution in [0.5, 0.6) is 11.5 Å². The van der Waals surface area contributed by atoms with Crippen LogP contribution in [0.1, 0.15) is 17.3 Å². The predicted octanol–water partition coefficient (Wildman–Crippen LogP) is 6.94. The van der Waals surface area contributed by atoms with Crippen molar-refractivity contribution in [3.63, 3.8) is 0 Å². The van der Waals surface area contributed by atoms with Crippen molar-refractivity contribution < 1.29 is 19.1 Å². The molecule has 1 N–H and O–H groups in total. The van der Waals surface area contributed by atoms with Gasteiger partial charge < -0.3 is 14.8 Å². The monoisotopic (exact) mass is 494 g/mol. The summed E-state index contributed by atoms with van der Waals surface area (Å²) < 4.78 is 11.3. The van der Waals surface area contributed by atoms with E-state index in [0.29, 0.717) is 33.6 Å². The molecule has 1 atom stereocenters. The molecule has 0 radical (unpaired) electrons. The summed E-state index contributed by atoms with van der Waals surface area (Å²) in [7, 11) is 0. The summed E-state index contributed by atoms with van der Waals surface area (Å²) in [5.41, 5.74) is 2.31. The minimum atomic E-state index is -1.00. The SMILES string of the molecule is CC(OC(=O)c1cc(-c2cccs2)nc2ccccc12)C(=O)Nc1ccc(Oc2ccccc2)cc1. The zero-order chi connectivity index (χ0) is 24.9. The number of hydrogen-bond acceptors (Lipinski definition) is 6. The highest BCUT2D eigenvalue weighted by molar-refractivity contribution is 7.13. The Kier molecular flexibility index (Phi) is 6.73. The Labute approximate surface area is 212 Å². The van der Waals surface area contributed by atoms with E-state index >= 15 is 0 Å². The van der Waals surface area contributed by atoms with E-state index in [2.05, 4.69) is 10.3 Å². The summed E-state index contributed by atoms with van der Waals surface area (Å²) >= 11 is 1.54. The Morgan fingerprint density at radius 1 is 0.861 bits per heavy atom. The van der Waals surface area contributed by atoms with E-state index in [0.717, 1.165) is 10.6 Å².